The summed E-state index contributed by atoms with van der Waals surface area (Å²) in [5, 5.41) is 0. The Bertz CT molecular complexity index is 844. The van der Waals surface area contributed by atoms with Gasteiger partial charge in [-0.25, -0.2) is 0 Å². The van der Waals surface area contributed by atoms with Crippen LogP contribution < -0.4 is 4.74 Å². The third-order valence-corrected chi connectivity index (χ3v) is 4.11. The second-order valence-electron chi connectivity index (χ2n) is 6.20. The Hall–Kier alpha value is -2.87. The van der Waals surface area contributed by atoms with Crippen LogP contribution in [0.5, 0.6) is 5.75 Å². The molecule has 2 aromatic carbocycles. The number of hydrogen-bond acceptors (Lipinski definition) is 2. The van der Waals surface area contributed by atoms with E-state index in [1.807, 2.05) is 43.3 Å². The summed E-state index contributed by atoms with van der Waals surface area (Å²) in [5.74, 6) is 0.896. The van der Waals surface area contributed by atoms with Crippen LogP contribution in [0.15, 0.2) is 90.1 Å². The highest BCUT2D eigenvalue weighted by atomic mass is 16.5. The lowest BCUT2D eigenvalue weighted by Crippen LogP contribution is -2.15. The molecule has 0 amide bonds. The predicted molar refractivity (Wildman–Crippen MR) is 105 cm³/mol. The lowest BCUT2D eigenvalue weighted by molar-refractivity contribution is 0.250. The summed E-state index contributed by atoms with van der Waals surface area (Å²) in [7, 11) is 0. The molecule has 25 heavy (non-hydrogen) atoms. The van der Waals surface area contributed by atoms with Gasteiger partial charge in [-0.3, -0.25) is 4.99 Å². The van der Waals surface area contributed by atoms with E-state index in [2.05, 4.69) is 49.9 Å². The van der Waals surface area contributed by atoms with Crippen molar-refractivity contribution in [3.05, 3.63) is 102 Å². The molecule has 0 aromatic heterocycles. The zero-order valence-electron chi connectivity index (χ0n) is 14.8. The number of aliphatic imine (C=N–C) groups is 1. The molecular formula is C23H23NO. The normalized spacial score (nSPS) is 16.7. The van der Waals surface area contributed by atoms with E-state index in [0.717, 1.165) is 40.3 Å². The van der Waals surface area contributed by atoms with Gasteiger partial charge in [0.05, 0.1) is 5.71 Å². The molecule has 0 saturated carbocycles. The van der Waals surface area contributed by atoms with E-state index in [-0.39, 0.29) is 6.10 Å². The van der Waals surface area contributed by atoms with Gasteiger partial charge >= 0.3 is 0 Å². The first-order valence-corrected chi connectivity index (χ1v) is 8.55. The van der Waals surface area contributed by atoms with Crippen molar-refractivity contribution in [3.8, 4) is 5.75 Å². The van der Waals surface area contributed by atoms with E-state index in [0.29, 0.717) is 0 Å². The lowest BCUT2D eigenvalue weighted by atomic mass is 9.97. The summed E-state index contributed by atoms with van der Waals surface area (Å²) in [6.45, 7) is 7.96. The quantitative estimate of drug-likeness (QED) is 0.651. The monoisotopic (exact) mass is 329 g/mol. The maximum absolute atomic E-state index is 6.20. The number of hydrogen-bond donors (Lipinski definition) is 0. The minimum atomic E-state index is 0.0807. The van der Waals surface area contributed by atoms with Crippen molar-refractivity contribution >= 4 is 5.71 Å². The molecule has 0 N–H and O–H groups in total. The highest BCUT2D eigenvalue weighted by Crippen LogP contribution is 2.27. The van der Waals surface area contributed by atoms with Gasteiger partial charge in [0, 0.05) is 28.8 Å². The van der Waals surface area contributed by atoms with Crippen molar-refractivity contribution in [1.29, 1.82) is 0 Å². The Balaban J connectivity index is 2.00. The standard InChI is InChI=1S/C23H23NO/c1-17(2)24-23(19-11-6-4-7-12-19)21-15-10-16-22(18(21)3)25-20-13-8-5-9-14-20/h4-13,15-16,20H,1,14H2,2-3H3. The molecule has 126 valence electrons. The molecule has 0 fully saturated rings. The minimum absolute atomic E-state index is 0.0807. The van der Waals surface area contributed by atoms with Gasteiger partial charge in [0.2, 0.25) is 0 Å². The average Bonchev–Trinajstić information content (AvgIpc) is 2.63. The average molecular weight is 329 g/mol. The van der Waals surface area contributed by atoms with Crippen LogP contribution in [-0.2, 0) is 0 Å². The molecule has 0 heterocycles. The minimum Gasteiger partial charge on any atom is -0.486 e. The van der Waals surface area contributed by atoms with Crippen LogP contribution in [0.3, 0.4) is 0 Å². The largest absolute Gasteiger partial charge is 0.486 e. The number of allylic oxidation sites excluding steroid dienone is 3. The number of nitrogens with zero attached hydrogens (tertiary/aromatic N) is 1. The van der Waals surface area contributed by atoms with E-state index in [1.165, 1.54) is 0 Å². The number of rotatable bonds is 5. The summed E-state index contributed by atoms with van der Waals surface area (Å²) in [5.41, 5.74) is 4.95. The van der Waals surface area contributed by atoms with Crippen LogP contribution in [0.25, 0.3) is 0 Å². The molecule has 0 spiro atoms. The first-order chi connectivity index (χ1) is 12.1. The number of benzene rings is 2. The zero-order valence-corrected chi connectivity index (χ0v) is 14.8. The van der Waals surface area contributed by atoms with Crippen molar-refractivity contribution in [2.24, 2.45) is 4.99 Å². The predicted octanol–water partition coefficient (Wildman–Crippen LogP) is 5.63. The fourth-order valence-electron chi connectivity index (χ4n) is 2.87. The summed E-state index contributed by atoms with van der Waals surface area (Å²) in [4.78, 5) is 4.71. The van der Waals surface area contributed by atoms with Gasteiger partial charge in [-0.15, -0.1) is 0 Å². The highest BCUT2D eigenvalue weighted by Gasteiger charge is 2.15. The third-order valence-electron chi connectivity index (χ3n) is 4.11. The third kappa shape index (κ3) is 4.16. The smallest absolute Gasteiger partial charge is 0.123 e. The summed E-state index contributed by atoms with van der Waals surface area (Å²) >= 11 is 0. The van der Waals surface area contributed by atoms with Crippen molar-refractivity contribution in [1.82, 2.24) is 0 Å². The molecule has 2 nitrogen and oxygen atoms in total. The first-order valence-electron chi connectivity index (χ1n) is 8.55. The van der Waals surface area contributed by atoms with Crippen LogP contribution in [-0.4, -0.2) is 11.8 Å². The molecule has 2 aromatic rings. The van der Waals surface area contributed by atoms with Crippen molar-refractivity contribution in [2.45, 2.75) is 26.4 Å². The Morgan fingerprint density at radius 1 is 1.08 bits per heavy atom. The fraction of sp³-hybridized carbons (Fsp3) is 0.174. The zero-order chi connectivity index (χ0) is 17.6. The lowest BCUT2D eigenvalue weighted by Gasteiger charge is -2.19. The van der Waals surface area contributed by atoms with Gasteiger partial charge in [-0.2, -0.15) is 0 Å². The second kappa shape index (κ2) is 7.80. The molecular weight excluding hydrogens is 306 g/mol. The molecule has 0 saturated heterocycles. The Labute approximate surface area is 149 Å². The van der Waals surface area contributed by atoms with E-state index in [4.69, 9.17) is 9.73 Å². The number of ether oxygens (including phenoxy) is 1. The van der Waals surface area contributed by atoms with Gasteiger partial charge in [0.15, 0.2) is 0 Å². The first kappa shape index (κ1) is 17.0. The van der Waals surface area contributed by atoms with Crippen molar-refractivity contribution in [2.75, 3.05) is 0 Å². The molecule has 1 aliphatic rings. The Kier molecular flexibility index (Phi) is 5.30. The Morgan fingerprint density at radius 2 is 1.88 bits per heavy atom. The molecule has 0 bridgehead atoms. The van der Waals surface area contributed by atoms with Crippen LogP contribution in [0, 0.1) is 6.92 Å². The van der Waals surface area contributed by atoms with Gasteiger partial charge in [0.25, 0.3) is 0 Å². The maximum Gasteiger partial charge on any atom is 0.123 e. The molecule has 2 heteroatoms. The maximum atomic E-state index is 6.20. The van der Waals surface area contributed by atoms with Crippen LogP contribution in [0.1, 0.15) is 30.0 Å². The second-order valence-corrected chi connectivity index (χ2v) is 6.20. The highest BCUT2D eigenvalue weighted by molar-refractivity contribution is 6.14. The van der Waals surface area contributed by atoms with E-state index < -0.39 is 0 Å². The van der Waals surface area contributed by atoms with Crippen molar-refractivity contribution < 1.29 is 4.74 Å². The molecule has 0 aliphatic heterocycles. The van der Waals surface area contributed by atoms with Gasteiger partial charge in [-0.1, -0.05) is 67.3 Å². The molecule has 1 aliphatic carbocycles. The van der Waals surface area contributed by atoms with Crippen LogP contribution in [0.2, 0.25) is 0 Å². The van der Waals surface area contributed by atoms with E-state index in [9.17, 15) is 0 Å². The van der Waals surface area contributed by atoms with Gasteiger partial charge in [0.1, 0.15) is 11.9 Å². The molecule has 0 radical (unpaired) electrons. The molecule has 1 atom stereocenters. The summed E-state index contributed by atoms with van der Waals surface area (Å²) < 4.78 is 6.20. The Morgan fingerprint density at radius 3 is 2.56 bits per heavy atom. The molecule has 3 rings (SSSR count). The van der Waals surface area contributed by atoms with E-state index in [1.54, 1.807) is 0 Å². The van der Waals surface area contributed by atoms with Gasteiger partial charge < -0.3 is 4.74 Å². The topological polar surface area (TPSA) is 21.6 Å². The SMILES string of the molecule is C=C(C)N=C(c1ccccc1)c1cccc(OC2C=CC=CC2)c1C. The van der Waals surface area contributed by atoms with Crippen molar-refractivity contribution in [3.63, 3.8) is 0 Å². The van der Waals surface area contributed by atoms with Crippen LogP contribution >= 0.6 is 0 Å². The van der Waals surface area contributed by atoms with Gasteiger partial charge in [-0.05, 0) is 26.0 Å². The fourth-order valence-corrected chi connectivity index (χ4v) is 2.87. The summed E-state index contributed by atoms with van der Waals surface area (Å²) in [6.07, 6.45) is 9.28. The van der Waals surface area contributed by atoms with Crippen LogP contribution in [0.4, 0.5) is 0 Å². The van der Waals surface area contributed by atoms with E-state index >= 15 is 0 Å². The summed E-state index contributed by atoms with van der Waals surface area (Å²) in [6, 6.07) is 16.3. The molecule has 1 unspecified atom stereocenters.